The summed E-state index contributed by atoms with van der Waals surface area (Å²) >= 11 is 0. The molecule has 1 aliphatic carbocycles. The van der Waals surface area contributed by atoms with Gasteiger partial charge in [-0.3, -0.25) is 4.79 Å². The van der Waals surface area contributed by atoms with Crippen molar-refractivity contribution >= 4 is 11.8 Å². The van der Waals surface area contributed by atoms with Gasteiger partial charge in [-0.1, -0.05) is 105 Å². The molecule has 5 rings (SSSR count). The second-order valence-electron chi connectivity index (χ2n) is 9.40. The minimum absolute atomic E-state index is 0.0554. The number of benzene rings is 3. The van der Waals surface area contributed by atoms with Crippen molar-refractivity contribution in [3.05, 3.63) is 125 Å². The van der Waals surface area contributed by atoms with Gasteiger partial charge in [0.25, 0.3) is 0 Å². The molecule has 1 aromatic heterocycles. The Bertz CT molecular complexity index is 1260. The Morgan fingerprint density at radius 1 is 0.853 bits per heavy atom. The first-order valence-corrected chi connectivity index (χ1v) is 11.4. The Balaban J connectivity index is 2.00. The highest BCUT2D eigenvalue weighted by Gasteiger charge is 2.47. The van der Waals surface area contributed by atoms with Gasteiger partial charge in [-0.05, 0) is 28.5 Å². The summed E-state index contributed by atoms with van der Waals surface area (Å²) in [6.07, 6.45) is 0.930. The van der Waals surface area contributed by atoms with E-state index in [2.05, 4.69) is 0 Å². The Morgan fingerprint density at radius 2 is 1.29 bits per heavy atom. The fourth-order valence-corrected chi connectivity index (χ4v) is 5.28. The maximum Gasteiger partial charge on any atom is 0.356 e. The van der Waals surface area contributed by atoms with E-state index in [1.807, 2.05) is 105 Å². The molecule has 1 heterocycles. The topological polar surface area (TPSA) is 72.2 Å². The molecule has 0 bridgehead atoms. The largest absolute Gasteiger partial charge is 0.476 e. The van der Waals surface area contributed by atoms with Gasteiger partial charge in [-0.15, -0.1) is 0 Å². The fraction of sp³-hybridized carbons (Fsp3) is 0.207. The highest BCUT2D eigenvalue weighted by molar-refractivity contribution is 6.01. The molecule has 4 aromatic rings. The number of Topliss-reactive ketones (excluding diaryl/α,β-unsaturated/α-hetero) is 1. The first-order chi connectivity index (χ1) is 16.4. The standard InChI is InChI=1S/C29H26N2O3/c1-28(2)19-18-23(32)26-24(28)25(27(33)34)30-31(26)29(20-12-6-3-7-13-20,21-14-8-4-9-15-21)22-16-10-5-11-17-22/h3-17H,18-19H2,1-2H3,(H,33,34). The number of carbonyl (C=O) groups is 2. The Morgan fingerprint density at radius 3 is 1.71 bits per heavy atom. The van der Waals surface area contributed by atoms with Gasteiger partial charge in [0, 0.05) is 12.0 Å². The van der Waals surface area contributed by atoms with Crippen molar-refractivity contribution in [2.75, 3.05) is 0 Å². The number of aromatic nitrogens is 2. The van der Waals surface area contributed by atoms with E-state index in [-0.39, 0.29) is 11.5 Å². The van der Waals surface area contributed by atoms with Crippen LogP contribution in [0.4, 0.5) is 0 Å². The Kier molecular flexibility index (Phi) is 5.20. The molecular formula is C29H26N2O3. The van der Waals surface area contributed by atoms with Crippen molar-refractivity contribution in [1.82, 2.24) is 9.78 Å². The van der Waals surface area contributed by atoms with E-state index in [4.69, 9.17) is 5.10 Å². The molecule has 0 fully saturated rings. The summed E-state index contributed by atoms with van der Waals surface area (Å²) in [7, 11) is 0. The number of rotatable bonds is 5. The van der Waals surface area contributed by atoms with Crippen LogP contribution in [0.1, 0.15) is 69.9 Å². The van der Waals surface area contributed by atoms with E-state index in [0.717, 1.165) is 16.7 Å². The molecule has 1 aliphatic rings. The number of carbonyl (C=O) groups excluding carboxylic acids is 1. The number of carboxylic acid groups (broad SMARTS) is 1. The third kappa shape index (κ3) is 3.19. The zero-order valence-corrected chi connectivity index (χ0v) is 19.2. The lowest BCUT2D eigenvalue weighted by atomic mass is 9.72. The SMILES string of the molecule is CC1(C)CCC(=O)c2c1c(C(=O)O)nn2C(c1ccccc1)(c1ccccc1)c1ccccc1. The second kappa shape index (κ2) is 8.10. The first-order valence-electron chi connectivity index (χ1n) is 11.4. The van der Waals surface area contributed by atoms with Crippen molar-refractivity contribution in [2.45, 2.75) is 37.6 Å². The third-order valence-corrected chi connectivity index (χ3v) is 6.90. The average molecular weight is 451 g/mol. The number of carboxylic acids is 1. The van der Waals surface area contributed by atoms with Crippen LogP contribution in [0.5, 0.6) is 0 Å². The molecule has 1 N–H and O–H groups in total. The minimum atomic E-state index is -1.12. The molecule has 170 valence electrons. The molecule has 0 amide bonds. The monoisotopic (exact) mass is 450 g/mol. The highest BCUT2D eigenvalue weighted by atomic mass is 16.4. The lowest BCUT2D eigenvalue weighted by molar-refractivity contribution is 0.0686. The molecule has 3 aromatic carbocycles. The van der Waals surface area contributed by atoms with Crippen LogP contribution in [0.2, 0.25) is 0 Å². The summed E-state index contributed by atoms with van der Waals surface area (Å²) in [6.45, 7) is 3.98. The van der Waals surface area contributed by atoms with Crippen molar-refractivity contribution in [3.8, 4) is 0 Å². The predicted molar refractivity (Wildman–Crippen MR) is 130 cm³/mol. The van der Waals surface area contributed by atoms with Crippen LogP contribution < -0.4 is 0 Å². The molecule has 5 nitrogen and oxygen atoms in total. The number of nitrogens with zero attached hydrogens (tertiary/aromatic N) is 2. The van der Waals surface area contributed by atoms with Gasteiger partial charge in [0.1, 0.15) is 11.2 Å². The molecule has 0 aliphatic heterocycles. The summed E-state index contributed by atoms with van der Waals surface area (Å²) in [5.74, 6) is -1.21. The van der Waals surface area contributed by atoms with Gasteiger partial charge in [-0.25, -0.2) is 9.48 Å². The maximum atomic E-state index is 13.5. The second-order valence-corrected chi connectivity index (χ2v) is 9.40. The van der Waals surface area contributed by atoms with Crippen LogP contribution in [-0.4, -0.2) is 26.6 Å². The molecule has 0 radical (unpaired) electrons. The lowest BCUT2D eigenvalue weighted by Gasteiger charge is -2.38. The van der Waals surface area contributed by atoms with Gasteiger partial charge in [0.2, 0.25) is 0 Å². The van der Waals surface area contributed by atoms with Crippen LogP contribution in [0.15, 0.2) is 91.0 Å². The molecule has 5 heteroatoms. The number of fused-ring (bicyclic) bond motifs is 1. The van der Waals surface area contributed by atoms with Crippen LogP contribution in [0.3, 0.4) is 0 Å². The van der Waals surface area contributed by atoms with Crippen LogP contribution in [0.25, 0.3) is 0 Å². The van der Waals surface area contributed by atoms with E-state index < -0.39 is 16.9 Å². The van der Waals surface area contributed by atoms with Crippen molar-refractivity contribution in [1.29, 1.82) is 0 Å². The van der Waals surface area contributed by atoms with Crippen LogP contribution in [-0.2, 0) is 11.0 Å². The first kappa shape index (κ1) is 21.8. The Labute approximate surface area is 198 Å². The molecule has 34 heavy (non-hydrogen) atoms. The quantitative estimate of drug-likeness (QED) is 0.397. The van der Waals surface area contributed by atoms with Gasteiger partial charge in [-0.2, -0.15) is 5.10 Å². The normalized spacial score (nSPS) is 15.1. The van der Waals surface area contributed by atoms with E-state index in [1.165, 1.54) is 0 Å². The molecule has 0 saturated carbocycles. The summed E-state index contributed by atoms with van der Waals surface area (Å²) in [5.41, 5.74) is 1.99. The summed E-state index contributed by atoms with van der Waals surface area (Å²) in [4.78, 5) is 25.9. The summed E-state index contributed by atoms with van der Waals surface area (Å²) < 4.78 is 1.69. The Hall–Kier alpha value is -3.99. The highest BCUT2D eigenvalue weighted by Crippen LogP contribution is 2.46. The summed E-state index contributed by atoms with van der Waals surface area (Å²) in [5, 5.41) is 14.9. The van der Waals surface area contributed by atoms with E-state index in [1.54, 1.807) is 4.68 Å². The average Bonchev–Trinajstić information content (AvgIpc) is 3.28. The smallest absolute Gasteiger partial charge is 0.356 e. The van der Waals surface area contributed by atoms with Gasteiger partial charge >= 0.3 is 5.97 Å². The van der Waals surface area contributed by atoms with Crippen molar-refractivity contribution in [3.63, 3.8) is 0 Å². The number of ketones is 1. The third-order valence-electron chi connectivity index (χ3n) is 6.90. The van der Waals surface area contributed by atoms with Gasteiger partial charge in [0.15, 0.2) is 11.5 Å². The molecule has 0 saturated heterocycles. The van der Waals surface area contributed by atoms with Crippen molar-refractivity contribution < 1.29 is 14.7 Å². The summed E-state index contributed by atoms with van der Waals surface area (Å²) in [6, 6.07) is 29.6. The molecule has 0 atom stereocenters. The van der Waals surface area contributed by atoms with Crippen LogP contribution in [0, 0.1) is 0 Å². The lowest BCUT2D eigenvalue weighted by Crippen LogP contribution is -2.41. The zero-order chi connectivity index (χ0) is 23.9. The van der Waals surface area contributed by atoms with Crippen LogP contribution >= 0.6 is 0 Å². The number of aromatic carboxylic acids is 1. The van der Waals surface area contributed by atoms with E-state index >= 15 is 0 Å². The van der Waals surface area contributed by atoms with E-state index in [9.17, 15) is 14.7 Å². The molecular weight excluding hydrogens is 424 g/mol. The maximum absolute atomic E-state index is 13.5. The molecule has 0 unspecified atom stereocenters. The van der Waals surface area contributed by atoms with Gasteiger partial charge < -0.3 is 5.11 Å². The zero-order valence-electron chi connectivity index (χ0n) is 19.2. The fourth-order valence-electron chi connectivity index (χ4n) is 5.28. The van der Waals surface area contributed by atoms with E-state index in [0.29, 0.717) is 24.1 Å². The minimum Gasteiger partial charge on any atom is -0.476 e. The van der Waals surface area contributed by atoms with Crippen molar-refractivity contribution in [2.24, 2.45) is 0 Å². The predicted octanol–water partition coefficient (Wildman–Crippen LogP) is 5.68. The molecule has 0 spiro atoms. The number of hydrogen-bond acceptors (Lipinski definition) is 3. The number of hydrogen-bond donors (Lipinski definition) is 1. The van der Waals surface area contributed by atoms with Gasteiger partial charge in [0.05, 0.1) is 0 Å².